The van der Waals surface area contributed by atoms with E-state index >= 15 is 0 Å². The highest BCUT2D eigenvalue weighted by atomic mass is 32.1. The first-order valence-corrected chi connectivity index (χ1v) is 9.34. The molecule has 1 fully saturated rings. The van der Waals surface area contributed by atoms with Crippen LogP contribution >= 0.6 is 11.3 Å². The van der Waals surface area contributed by atoms with Crippen molar-refractivity contribution in [3.8, 4) is 0 Å². The summed E-state index contributed by atoms with van der Waals surface area (Å²) in [5.41, 5.74) is 2.22. The highest BCUT2D eigenvalue weighted by Crippen LogP contribution is 2.31. The highest BCUT2D eigenvalue weighted by Gasteiger charge is 2.30. The van der Waals surface area contributed by atoms with Crippen LogP contribution in [0.15, 0.2) is 23.6 Å². The fraction of sp³-hybridized carbons (Fsp3) is 0.389. The molecule has 0 spiro atoms. The minimum atomic E-state index is -0.293. The van der Waals surface area contributed by atoms with Gasteiger partial charge in [0.05, 0.1) is 34.2 Å². The van der Waals surface area contributed by atoms with E-state index in [0.717, 1.165) is 47.8 Å². The number of imidazole rings is 1. The first kappa shape index (κ1) is 16.2. The van der Waals surface area contributed by atoms with Crippen LogP contribution < -0.4 is 0 Å². The number of carbonyl (C=O) groups is 1. The van der Waals surface area contributed by atoms with Gasteiger partial charge in [0, 0.05) is 11.9 Å². The Kier molecular flexibility index (Phi) is 4.25. The molecule has 1 aliphatic rings. The van der Waals surface area contributed by atoms with Gasteiger partial charge in [-0.05, 0) is 44.4 Å². The van der Waals surface area contributed by atoms with Crippen LogP contribution in [0.5, 0.6) is 0 Å². The van der Waals surface area contributed by atoms with Crippen molar-refractivity contribution in [2.24, 2.45) is 0 Å². The van der Waals surface area contributed by atoms with Crippen molar-refractivity contribution in [3.05, 3.63) is 45.9 Å². The summed E-state index contributed by atoms with van der Waals surface area (Å²) in [6.07, 6.45) is 3.22. The number of hydrogen-bond donors (Lipinski definition) is 1. The van der Waals surface area contributed by atoms with Crippen molar-refractivity contribution in [1.82, 2.24) is 19.9 Å². The zero-order valence-electron chi connectivity index (χ0n) is 14.0. The lowest BCUT2D eigenvalue weighted by Gasteiger charge is -2.34. The lowest BCUT2D eigenvalue weighted by Crippen LogP contribution is -2.39. The number of aromatic amines is 1. The highest BCUT2D eigenvalue weighted by molar-refractivity contribution is 7.09. The van der Waals surface area contributed by atoms with Gasteiger partial charge >= 0.3 is 0 Å². The molecule has 1 saturated heterocycles. The van der Waals surface area contributed by atoms with E-state index in [1.54, 1.807) is 17.4 Å². The zero-order chi connectivity index (χ0) is 17.4. The lowest BCUT2D eigenvalue weighted by molar-refractivity contribution is -0.134. The molecule has 1 aliphatic heterocycles. The summed E-state index contributed by atoms with van der Waals surface area (Å²) in [6, 6.07) is 4.43. The second-order valence-corrected chi connectivity index (χ2v) is 7.48. The number of piperidine rings is 1. The summed E-state index contributed by atoms with van der Waals surface area (Å²) < 4.78 is 13.4. The number of carbonyl (C=O) groups excluding carboxylic acids is 1. The molecular formula is C18H19FN4OS. The number of nitrogens with one attached hydrogen (secondary N) is 1. The van der Waals surface area contributed by atoms with Gasteiger partial charge in [0.25, 0.3) is 0 Å². The van der Waals surface area contributed by atoms with Gasteiger partial charge < -0.3 is 9.88 Å². The lowest BCUT2D eigenvalue weighted by atomic mass is 10.0. The molecule has 1 N–H and O–H groups in total. The molecule has 1 aromatic carbocycles. The number of amides is 1. The molecule has 0 unspecified atom stereocenters. The maximum Gasteiger partial charge on any atom is 0.229 e. The number of halogens is 1. The Morgan fingerprint density at radius 2 is 2.28 bits per heavy atom. The monoisotopic (exact) mass is 358 g/mol. The summed E-state index contributed by atoms with van der Waals surface area (Å²) in [6.45, 7) is 2.66. The van der Waals surface area contributed by atoms with Crippen LogP contribution in [0.4, 0.5) is 4.39 Å². The fourth-order valence-electron chi connectivity index (χ4n) is 3.42. The van der Waals surface area contributed by atoms with E-state index in [9.17, 15) is 9.18 Å². The second-order valence-electron chi connectivity index (χ2n) is 6.42. The molecule has 1 amide bonds. The third-order valence-corrected chi connectivity index (χ3v) is 5.42. The topological polar surface area (TPSA) is 61.9 Å². The average molecular weight is 358 g/mol. The summed E-state index contributed by atoms with van der Waals surface area (Å²) in [7, 11) is 0. The van der Waals surface area contributed by atoms with Gasteiger partial charge in [-0.25, -0.2) is 14.4 Å². The van der Waals surface area contributed by atoms with Gasteiger partial charge in [0.2, 0.25) is 5.91 Å². The third kappa shape index (κ3) is 3.28. The van der Waals surface area contributed by atoms with E-state index in [1.165, 1.54) is 12.1 Å². The standard InChI is InChI=1S/C18H19FN4OS/c1-11-20-13(10-25-11)9-17(24)23-7-3-2-4-16(23)18-21-14-6-5-12(19)8-15(14)22-18/h5-6,8,10,16H,2-4,7,9H2,1H3,(H,21,22)/t16-/m1/s1. The van der Waals surface area contributed by atoms with Crippen molar-refractivity contribution in [2.45, 2.75) is 38.6 Å². The molecular weight excluding hydrogens is 339 g/mol. The molecule has 25 heavy (non-hydrogen) atoms. The number of aromatic nitrogens is 3. The van der Waals surface area contributed by atoms with E-state index in [-0.39, 0.29) is 17.8 Å². The van der Waals surface area contributed by atoms with Crippen LogP contribution in [0, 0.1) is 12.7 Å². The Morgan fingerprint density at radius 3 is 3.08 bits per heavy atom. The molecule has 2 aromatic heterocycles. The van der Waals surface area contributed by atoms with E-state index in [4.69, 9.17) is 0 Å². The molecule has 4 rings (SSSR count). The van der Waals surface area contributed by atoms with E-state index in [2.05, 4.69) is 15.0 Å². The number of hydrogen-bond acceptors (Lipinski definition) is 4. The SMILES string of the molecule is Cc1nc(CC(=O)N2CCCC[C@@H]2c2nc3ccc(F)cc3[nH]2)cs1. The number of nitrogens with zero attached hydrogens (tertiary/aromatic N) is 3. The fourth-order valence-corrected chi connectivity index (χ4v) is 4.03. The van der Waals surface area contributed by atoms with Crippen LogP contribution in [-0.4, -0.2) is 32.3 Å². The van der Waals surface area contributed by atoms with Gasteiger partial charge in [-0.1, -0.05) is 0 Å². The molecule has 0 aliphatic carbocycles. The first-order chi connectivity index (χ1) is 12.1. The second kappa shape index (κ2) is 6.55. The number of benzene rings is 1. The molecule has 5 nitrogen and oxygen atoms in total. The van der Waals surface area contributed by atoms with Crippen LogP contribution in [-0.2, 0) is 11.2 Å². The Bertz CT molecular complexity index is 919. The normalized spacial score (nSPS) is 18.0. The summed E-state index contributed by atoms with van der Waals surface area (Å²) in [4.78, 5) is 26.9. The Morgan fingerprint density at radius 1 is 1.40 bits per heavy atom. The molecule has 1 atom stereocenters. The van der Waals surface area contributed by atoms with Crippen molar-refractivity contribution in [2.75, 3.05) is 6.54 Å². The maximum atomic E-state index is 13.4. The Hall–Kier alpha value is -2.28. The Balaban J connectivity index is 1.60. The molecule has 0 bridgehead atoms. The van der Waals surface area contributed by atoms with Gasteiger partial charge in [0.1, 0.15) is 11.6 Å². The molecule has 3 heterocycles. The minimum Gasteiger partial charge on any atom is -0.340 e. The average Bonchev–Trinajstić information content (AvgIpc) is 3.20. The third-order valence-electron chi connectivity index (χ3n) is 4.60. The maximum absolute atomic E-state index is 13.4. The van der Waals surface area contributed by atoms with E-state index in [1.807, 2.05) is 17.2 Å². The van der Waals surface area contributed by atoms with Gasteiger partial charge in [0.15, 0.2) is 0 Å². The number of rotatable bonds is 3. The molecule has 3 aromatic rings. The summed E-state index contributed by atoms with van der Waals surface area (Å²) in [5, 5.41) is 2.91. The van der Waals surface area contributed by atoms with Crippen LogP contribution in [0.1, 0.15) is 41.8 Å². The summed E-state index contributed by atoms with van der Waals surface area (Å²) >= 11 is 1.56. The van der Waals surface area contributed by atoms with Crippen molar-refractivity contribution in [3.63, 3.8) is 0 Å². The van der Waals surface area contributed by atoms with Gasteiger partial charge in [-0.3, -0.25) is 4.79 Å². The van der Waals surface area contributed by atoms with Crippen LogP contribution in [0.3, 0.4) is 0 Å². The predicted molar refractivity (Wildman–Crippen MR) is 94.9 cm³/mol. The van der Waals surface area contributed by atoms with Crippen molar-refractivity contribution >= 4 is 28.3 Å². The molecule has 7 heteroatoms. The van der Waals surface area contributed by atoms with Crippen LogP contribution in [0.25, 0.3) is 11.0 Å². The van der Waals surface area contributed by atoms with Gasteiger partial charge in [-0.2, -0.15) is 0 Å². The Labute approximate surface area is 148 Å². The zero-order valence-corrected chi connectivity index (χ0v) is 14.8. The predicted octanol–water partition coefficient (Wildman–Crippen LogP) is 3.76. The number of fused-ring (bicyclic) bond motifs is 1. The quantitative estimate of drug-likeness (QED) is 0.775. The number of thiazole rings is 1. The summed E-state index contributed by atoms with van der Waals surface area (Å²) in [5.74, 6) is 0.517. The van der Waals surface area contributed by atoms with Crippen molar-refractivity contribution < 1.29 is 9.18 Å². The van der Waals surface area contributed by atoms with E-state index < -0.39 is 0 Å². The van der Waals surface area contributed by atoms with Crippen LogP contribution in [0.2, 0.25) is 0 Å². The van der Waals surface area contributed by atoms with Crippen molar-refractivity contribution in [1.29, 1.82) is 0 Å². The smallest absolute Gasteiger partial charge is 0.229 e. The van der Waals surface area contributed by atoms with E-state index in [0.29, 0.717) is 11.9 Å². The number of H-pyrrole nitrogens is 1. The first-order valence-electron chi connectivity index (χ1n) is 8.46. The number of aryl methyl sites for hydroxylation is 1. The minimum absolute atomic E-state index is 0.0710. The van der Waals surface area contributed by atoms with Gasteiger partial charge in [-0.15, -0.1) is 11.3 Å². The molecule has 0 saturated carbocycles. The molecule has 130 valence electrons. The molecule has 0 radical (unpaired) electrons. The number of likely N-dealkylation sites (tertiary alicyclic amines) is 1. The largest absolute Gasteiger partial charge is 0.340 e.